The molecule has 1 aliphatic heterocycles. The first-order valence-corrected chi connectivity index (χ1v) is 6.52. The van der Waals surface area contributed by atoms with E-state index in [-0.39, 0.29) is 6.04 Å². The molecule has 1 fully saturated rings. The first-order chi connectivity index (χ1) is 9.48. The summed E-state index contributed by atoms with van der Waals surface area (Å²) in [5.74, 6) is 0.505. The van der Waals surface area contributed by atoms with E-state index in [9.17, 15) is 13.2 Å². The Morgan fingerprint density at radius 2 is 2.10 bits per heavy atom. The molecule has 0 saturated carbocycles. The Morgan fingerprint density at radius 3 is 2.70 bits per heavy atom. The van der Waals surface area contributed by atoms with Gasteiger partial charge in [-0.05, 0) is 25.0 Å². The molecule has 20 heavy (non-hydrogen) atoms. The second kappa shape index (κ2) is 6.30. The largest absolute Gasteiger partial charge is 0.480 e. The number of aromatic nitrogens is 1. The van der Waals surface area contributed by atoms with Crippen molar-refractivity contribution in [2.24, 2.45) is 0 Å². The predicted octanol–water partition coefficient (Wildman–Crippen LogP) is 2.53. The van der Waals surface area contributed by atoms with Crippen LogP contribution in [-0.4, -0.2) is 48.8 Å². The number of nitrogens with zero attached hydrogens (tertiary/aromatic N) is 2. The maximum atomic E-state index is 12.3. The zero-order valence-corrected chi connectivity index (χ0v) is 11.3. The predicted molar refractivity (Wildman–Crippen MR) is 69.9 cm³/mol. The molecule has 1 aromatic heterocycles. The number of alkyl halides is 3. The van der Waals surface area contributed by atoms with Gasteiger partial charge in [0.15, 0.2) is 0 Å². The maximum Gasteiger partial charge on any atom is 0.401 e. The highest BCUT2D eigenvalue weighted by Gasteiger charge is 2.32. The second-order valence-corrected chi connectivity index (χ2v) is 4.87. The van der Waals surface area contributed by atoms with Crippen LogP contribution in [0.5, 0.6) is 5.88 Å². The molecule has 2 heterocycles. The molecular formula is C13H18F3N3O. The molecule has 0 spiro atoms. The van der Waals surface area contributed by atoms with Gasteiger partial charge in [-0.25, -0.2) is 4.98 Å². The number of methoxy groups -OCH3 is 1. The number of hydrogen-bond donors (Lipinski definition) is 1. The van der Waals surface area contributed by atoms with Gasteiger partial charge in [-0.3, -0.25) is 4.90 Å². The first kappa shape index (κ1) is 14.9. The summed E-state index contributed by atoms with van der Waals surface area (Å²) in [5.41, 5.74) is 0.782. The number of ether oxygens (including phenoxy) is 1. The Hall–Kier alpha value is -1.50. The van der Waals surface area contributed by atoms with Crippen molar-refractivity contribution in [2.45, 2.75) is 25.1 Å². The first-order valence-electron chi connectivity index (χ1n) is 6.52. The van der Waals surface area contributed by atoms with Gasteiger partial charge in [0.25, 0.3) is 0 Å². The van der Waals surface area contributed by atoms with Crippen molar-refractivity contribution in [3.8, 4) is 5.88 Å². The van der Waals surface area contributed by atoms with Crippen molar-refractivity contribution >= 4 is 5.69 Å². The van der Waals surface area contributed by atoms with Crippen LogP contribution in [0.25, 0.3) is 0 Å². The minimum atomic E-state index is -4.12. The molecule has 0 aromatic carbocycles. The van der Waals surface area contributed by atoms with Crippen molar-refractivity contribution in [1.29, 1.82) is 0 Å². The topological polar surface area (TPSA) is 37.4 Å². The normalized spacial score (nSPS) is 18.0. The van der Waals surface area contributed by atoms with Gasteiger partial charge in [-0.1, -0.05) is 0 Å². The summed E-state index contributed by atoms with van der Waals surface area (Å²) in [7, 11) is 1.54. The summed E-state index contributed by atoms with van der Waals surface area (Å²) in [5, 5.41) is 3.29. The minimum Gasteiger partial charge on any atom is -0.480 e. The summed E-state index contributed by atoms with van der Waals surface area (Å²) >= 11 is 0. The Balaban J connectivity index is 1.85. The van der Waals surface area contributed by atoms with Crippen LogP contribution in [0.15, 0.2) is 18.3 Å². The molecule has 0 bridgehead atoms. The van der Waals surface area contributed by atoms with E-state index in [0.29, 0.717) is 31.8 Å². The minimum absolute atomic E-state index is 0.151. The lowest BCUT2D eigenvalue weighted by atomic mass is 10.0. The fourth-order valence-electron chi connectivity index (χ4n) is 2.37. The van der Waals surface area contributed by atoms with Crippen LogP contribution in [0, 0.1) is 0 Å². The maximum absolute atomic E-state index is 12.3. The van der Waals surface area contributed by atoms with Crippen molar-refractivity contribution < 1.29 is 17.9 Å². The van der Waals surface area contributed by atoms with Gasteiger partial charge in [-0.2, -0.15) is 13.2 Å². The van der Waals surface area contributed by atoms with Gasteiger partial charge < -0.3 is 10.1 Å². The van der Waals surface area contributed by atoms with Crippen LogP contribution in [-0.2, 0) is 0 Å². The molecule has 0 atom stereocenters. The van der Waals surface area contributed by atoms with Crippen molar-refractivity contribution in [1.82, 2.24) is 9.88 Å². The summed E-state index contributed by atoms with van der Waals surface area (Å²) < 4.78 is 42.0. The standard InChI is InChI=1S/C13H18F3N3O/c1-20-12-11(3-2-6-17-12)18-10-4-7-19(8-5-10)9-13(14,15)16/h2-3,6,10,18H,4-5,7-9H2,1H3. The zero-order valence-electron chi connectivity index (χ0n) is 11.3. The quantitative estimate of drug-likeness (QED) is 0.924. The molecule has 1 N–H and O–H groups in total. The van der Waals surface area contributed by atoms with Crippen LogP contribution in [0.2, 0.25) is 0 Å². The molecule has 2 rings (SSSR count). The van der Waals surface area contributed by atoms with Crippen LogP contribution in [0.3, 0.4) is 0 Å². The summed E-state index contributed by atoms with van der Waals surface area (Å²) in [6.07, 6.45) is -1.13. The summed E-state index contributed by atoms with van der Waals surface area (Å²) in [6, 6.07) is 3.80. The average Bonchev–Trinajstić information content (AvgIpc) is 2.40. The highest BCUT2D eigenvalue weighted by Crippen LogP contribution is 2.25. The van der Waals surface area contributed by atoms with E-state index in [1.807, 2.05) is 6.07 Å². The molecule has 0 aliphatic carbocycles. The summed E-state index contributed by atoms with van der Waals surface area (Å²) in [4.78, 5) is 5.53. The smallest absolute Gasteiger partial charge is 0.401 e. The number of likely N-dealkylation sites (tertiary alicyclic amines) is 1. The number of piperidine rings is 1. The number of pyridine rings is 1. The SMILES string of the molecule is COc1ncccc1NC1CCN(CC(F)(F)F)CC1. The van der Waals surface area contributed by atoms with Gasteiger partial charge in [0.2, 0.25) is 5.88 Å². The number of rotatable bonds is 4. The third-order valence-electron chi connectivity index (χ3n) is 3.31. The fraction of sp³-hybridized carbons (Fsp3) is 0.615. The lowest BCUT2D eigenvalue weighted by Gasteiger charge is -2.33. The van der Waals surface area contributed by atoms with E-state index < -0.39 is 12.7 Å². The monoisotopic (exact) mass is 289 g/mol. The number of nitrogens with one attached hydrogen (secondary N) is 1. The van der Waals surface area contributed by atoms with Crippen LogP contribution >= 0.6 is 0 Å². The highest BCUT2D eigenvalue weighted by molar-refractivity contribution is 5.52. The Kier molecular flexibility index (Phi) is 4.69. The van der Waals surface area contributed by atoms with E-state index in [4.69, 9.17) is 4.74 Å². The fourth-order valence-corrected chi connectivity index (χ4v) is 2.37. The second-order valence-electron chi connectivity index (χ2n) is 4.87. The van der Waals surface area contributed by atoms with Crippen molar-refractivity contribution in [2.75, 3.05) is 32.1 Å². The molecule has 1 saturated heterocycles. The van der Waals surface area contributed by atoms with Crippen LogP contribution in [0.1, 0.15) is 12.8 Å². The Bertz CT molecular complexity index is 431. The molecule has 112 valence electrons. The van der Waals surface area contributed by atoms with Crippen molar-refractivity contribution in [3.05, 3.63) is 18.3 Å². The molecule has 0 amide bonds. The Labute approximate surface area is 115 Å². The van der Waals surface area contributed by atoms with Crippen molar-refractivity contribution in [3.63, 3.8) is 0 Å². The average molecular weight is 289 g/mol. The lowest BCUT2D eigenvalue weighted by molar-refractivity contribution is -0.147. The molecular weight excluding hydrogens is 271 g/mol. The Morgan fingerprint density at radius 1 is 1.40 bits per heavy atom. The molecule has 4 nitrogen and oxygen atoms in total. The van der Waals surface area contributed by atoms with E-state index in [1.165, 1.54) is 4.90 Å². The van der Waals surface area contributed by atoms with Gasteiger partial charge in [-0.15, -0.1) is 0 Å². The van der Waals surface area contributed by atoms with Gasteiger partial charge in [0, 0.05) is 25.3 Å². The third kappa shape index (κ3) is 4.26. The van der Waals surface area contributed by atoms with Gasteiger partial charge in [0.05, 0.1) is 19.3 Å². The lowest BCUT2D eigenvalue weighted by Crippen LogP contribution is -2.43. The zero-order chi connectivity index (χ0) is 14.6. The van der Waals surface area contributed by atoms with Gasteiger partial charge >= 0.3 is 6.18 Å². The molecule has 1 aliphatic rings. The number of anilines is 1. The number of halogens is 3. The molecule has 1 aromatic rings. The van der Waals surface area contributed by atoms with Crippen LogP contribution in [0.4, 0.5) is 18.9 Å². The molecule has 7 heteroatoms. The van der Waals surface area contributed by atoms with E-state index >= 15 is 0 Å². The van der Waals surface area contributed by atoms with Gasteiger partial charge in [0.1, 0.15) is 0 Å². The van der Waals surface area contributed by atoms with E-state index in [2.05, 4.69) is 10.3 Å². The van der Waals surface area contributed by atoms with E-state index in [1.54, 1.807) is 19.4 Å². The molecule has 0 unspecified atom stereocenters. The highest BCUT2D eigenvalue weighted by atomic mass is 19.4. The third-order valence-corrected chi connectivity index (χ3v) is 3.31. The van der Waals surface area contributed by atoms with Crippen LogP contribution < -0.4 is 10.1 Å². The number of hydrogen-bond acceptors (Lipinski definition) is 4. The summed E-state index contributed by atoms with van der Waals surface area (Å²) in [6.45, 7) is 0.0649. The van der Waals surface area contributed by atoms with E-state index in [0.717, 1.165) is 5.69 Å². The molecule has 0 radical (unpaired) electrons.